The van der Waals surface area contributed by atoms with Gasteiger partial charge in [0.1, 0.15) is 11.6 Å². The van der Waals surface area contributed by atoms with Crippen molar-refractivity contribution in [3.8, 4) is 0 Å². The second-order valence-corrected chi connectivity index (χ2v) is 5.37. The van der Waals surface area contributed by atoms with E-state index in [-0.39, 0.29) is 12.0 Å². The molecule has 0 heterocycles. The van der Waals surface area contributed by atoms with Crippen molar-refractivity contribution >= 4 is 5.97 Å². The zero-order chi connectivity index (χ0) is 17.0. The summed E-state index contributed by atoms with van der Waals surface area (Å²) in [7, 11) is 0. The first kappa shape index (κ1) is 14.7. The van der Waals surface area contributed by atoms with Gasteiger partial charge >= 0.3 is 5.97 Å². The Bertz CT molecular complexity index is 676. The molecule has 0 aromatic heterocycles. The summed E-state index contributed by atoms with van der Waals surface area (Å²) in [5.74, 6) is -3.01. The van der Waals surface area contributed by atoms with E-state index in [0.29, 0.717) is 24.4 Å². The molecule has 2 aromatic rings. The largest absolute Gasteiger partial charge is 0.481 e. The van der Waals surface area contributed by atoms with Gasteiger partial charge in [0.25, 0.3) is 0 Å². The summed E-state index contributed by atoms with van der Waals surface area (Å²) in [5.41, 5.74) is 1.23. The first-order valence-electron chi connectivity index (χ1n) is 7.59. The molecule has 116 valence electrons. The molecule has 1 unspecified atom stereocenters. The Hall–Kier alpha value is -2.23. The van der Waals surface area contributed by atoms with E-state index in [1.165, 1.54) is 19.1 Å². The monoisotopic (exact) mass is 306 g/mol. The van der Waals surface area contributed by atoms with Crippen molar-refractivity contribution in [1.29, 1.82) is 0 Å². The van der Waals surface area contributed by atoms with Crippen LogP contribution in [0.3, 0.4) is 0 Å². The fraction of sp³-hybridized carbons (Fsp3) is 0.278. The standard InChI is InChI=1S/C18H18F2O2/c1-12-16(19)10-14(11-17(12)20)9-15(18(21)22)8-7-13-5-3-2-4-6-13/h2-6,10-11,15H,7-9H2,1H3,(H,21,22)/i2T. The lowest BCUT2D eigenvalue weighted by molar-refractivity contribution is -0.141. The van der Waals surface area contributed by atoms with Crippen LogP contribution in [0, 0.1) is 24.5 Å². The van der Waals surface area contributed by atoms with Gasteiger partial charge < -0.3 is 5.11 Å². The van der Waals surface area contributed by atoms with Crippen LogP contribution in [0.25, 0.3) is 0 Å². The summed E-state index contributed by atoms with van der Waals surface area (Å²) in [6.45, 7) is 1.35. The highest BCUT2D eigenvalue weighted by Crippen LogP contribution is 2.20. The minimum atomic E-state index is -0.983. The van der Waals surface area contributed by atoms with Crippen LogP contribution in [0.1, 0.15) is 24.5 Å². The summed E-state index contributed by atoms with van der Waals surface area (Å²) < 4.78 is 34.6. The topological polar surface area (TPSA) is 37.3 Å². The number of rotatable bonds is 6. The summed E-state index contributed by atoms with van der Waals surface area (Å²) in [5, 5.41) is 9.33. The van der Waals surface area contributed by atoms with E-state index in [4.69, 9.17) is 1.37 Å². The fourth-order valence-corrected chi connectivity index (χ4v) is 2.34. The van der Waals surface area contributed by atoms with Crippen molar-refractivity contribution in [2.24, 2.45) is 5.92 Å². The molecule has 0 radical (unpaired) electrons. The zero-order valence-corrected chi connectivity index (χ0v) is 12.3. The Morgan fingerprint density at radius 2 is 1.82 bits per heavy atom. The molecule has 0 amide bonds. The predicted octanol–water partition coefficient (Wildman–Crippen LogP) is 4.15. The molecule has 2 rings (SSSR count). The minimum absolute atomic E-state index is 0.0592. The third kappa shape index (κ3) is 4.13. The van der Waals surface area contributed by atoms with Crippen LogP contribution < -0.4 is 0 Å². The highest BCUT2D eigenvalue weighted by Gasteiger charge is 2.19. The maximum absolute atomic E-state index is 13.6. The van der Waals surface area contributed by atoms with Gasteiger partial charge in [0.05, 0.1) is 7.29 Å². The molecule has 2 aromatic carbocycles. The van der Waals surface area contributed by atoms with Crippen LogP contribution in [-0.4, -0.2) is 11.1 Å². The van der Waals surface area contributed by atoms with E-state index in [1.54, 1.807) is 24.3 Å². The van der Waals surface area contributed by atoms with Crippen LogP contribution in [0.15, 0.2) is 42.4 Å². The lowest BCUT2D eigenvalue weighted by Gasteiger charge is -2.13. The number of hydrogen-bond acceptors (Lipinski definition) is 1. The number of benzene rings is 2. The van der Waals surface area contributed by atoms with E-state index in [1.807, 2.05) is 0 Å². The van der Waals surface area contributed by atoms with Crippen LogP contribution in [0.5, 0.6) is 0 Å². The first-order chi connectivity index (χ1) is 10.9. The number of carbonyl (C=O) groups is 1. The number of aryl methyl sites for hydroxylation is 1. The maximum atomic E-state index is 13.6. The zero-order valence-electron chi connectivity index (χ0n) is 13.3. The molecule has 0 saturated carbocycles. The molecular formula is C18H18F2O2. The molecule has 0 bridgehead atoms. The van der Waals surface area contributed by atoms with Gasteiger partial charge in [-0.05, 0) is 49.4 Å². The smallest absolute Gasteiger partial charge is 0.306 e. The van der Waals surface area contributed by atoms with Crippen LogP contribution in [0.2, 0.25) is 0 Å². The van der Waals surface area contributed by atoms with Crippen molar-refractivity contribution in [2.45, 2.75) is 26.2 Å². The van der Waals surface area contributed by atoms with E-state index < -0.39 is 23.5 Å². The van der Waals surface area contributed by atoms with E-state index in [2.05, 4.69) is 0 Å². The lowest BCUT2D eigenvalue weighted by atomic mass is 9.92. The molecule has 0 saturated heterocycles. The number of halogens is 2. The van der Waals surface area contributed by atoms with Gasteiger partial charge in [-0.1, -0.05) is 30.3 Å². The van der Waals surface area contributed by atoms with Gasteiger partial charge in [-0.2, -0.15) is 0 Å². The predicted molar refractivity (Wildman–Crippen MR) is 80.7 cm³/mol. The Labute approximate surface area is 129 Å². The number of hydrogen-bond donors (Lipinski definition) is 1. The van der Waals surface area contributed by atoms with Crippen molar-refractivity contribution < 1.29 is 20.1 Å². The quantitative estimate of drug-likeness (QED) is 0.870. The Kier molecular flexibility index (Phi) is 4.78. The van der Waals surface area contributed by atoms with E-state index in [0.717, 1.165) is 5.56 Å². The molecule has 0 aliphatic heterocycles. The normalized spacial score (nSPS) is 12.8. The van der Waals surface area contributed by atoms with Crippen LogP contribution >= 0.6 is 0 Å². The van der Waals surface area contributed by atoms with Gasteiger partial charge in [-0.25, -0.2) is 8.78 Å². The van der Waals surface area contributed by atoms with Crippen molar-refractivity contribution in [1.82, 2.24) is 0 Å². The molecule has 4 heteroatoms. The Morgan fingerprint density at radius 1 is 1.23 bits per heavy atom. The van der Waals surface area contributed by atoms with Crippen molar-refractivity contribution in [3.63, 3.8) is 0 Å². The van der Waals surface area contributed by atoms with Crippen LogP contribution in [0.4, 0.5) is 8.78 Å². The first-order valence-corrected chi connectivity index (χ1v) is 7.09. The number of carboxylic acid groups (broad SMARTS) is 1. The van der Waals surface area contributed by atoms with Gasteiger partial charge in [0.2, 0.25) is 0 Å². The van der Waals surface area contributed by atoms with Gasteiger partial charge in [-0.3, -0.25) is 4.79 Å². The van der Waals surface area contributed by atoms with Crippen molar-refractivity contribution in [2.75, 3.05) is 0 Å². The fourth-order valence-electron chi connectivity index (χ4n) is 2.34. The molecule has 1 atom stereocenters. The molecule has 0 fully saturated rings. The van der Waals surface area contributed by atoms with Gasteiger partial charge in [-0.15, -0.1) is 0 Å². The summed E-state index contributed by atoms with van der Waals surface area (Å²) in [6, 6.07) is 9.66. The van der Waals surface area contributed by atoms with Gasteiger partial charge in [0.15, 0.2) is 0 Å². The molecule has 0 aliphatic rings. The van der Waals surface area contributed by atoms with E-state index >= 15 is 0 Å². The summed E-state index contributed by atoms with van der Waals surface area (Å²) in [6.07, 6.45) is 0.984. The number of aliphatic carboxylic acids is 1. The summed E-state index contributed by atoms with van der Waals surface area (Å²) >= 11 is 0. The Balaban J connectivity index is 2.07. The highest BCUT2D eigenvalue weighted by molar-refractivity contribution is 5.70. The molecule has 2 nitrogen and oxygen atoms in total. The molecule has 0 spiro atoms. The highest BCUT2D eigenvalue weighted by atomic mass is 19.1. The Morgan fingerprint density at radius 3 is 2.36 bits per heavy atom. The second kappa shape index (κ2) is 7.16. The average molecular weight is 306 g/mol. The maximum Gasteiger partial charge on any atom is 0.306 e. The van der Waals surface area contributed by atoms with Gasteiger partial charge in [0, 0.05) is 5.56 Å². The molecule has 0 aliphatic carbocycles. The van der Waals surface area contributed by atoms with Crippen LogP contribution in [-0.2, 0) is 17.6 Å². The summed E-state index contributed by atoms with van der Waals surface area (Å²) in [4.78, 5) is 11.4. The molecular weight excluding hydrogens is 286 g/mol. The SMILES string of the molecule is [3H]c1ccc(CCC(Cc2cc(F)c(C)c(F)c2)C(=O)O)cc1. The van der Waals surface area contributed by atoms with Crippen molar-refractivity contribution in [3.05, 3.63) is 70.8 Å². The molecule has 22 heavy (non-hydrogen) atoms. The second-order valence-electron chi connectivity index (χ2n) is 5.37. The van der Waals surface area contributed by atoms with E-state index in [9.17, 15) is 18.7 Å². The molecule has 1 N–H and O–H groups in total. The third-order valence-corrected chi connectivity index (χ3v) is 3.74. The average Bonchev–Trinajstić information content (AvgIpc) is 2.50. The lowest BCUT2D eigenvalue weighted by Crippen LogP contribution is -2.17. The number of carboxylic acids is 1. The minimum Gasteiger partial charge on any atom is -0.481 e. The third-order valence-electron chi connectivity index (χ3n) is 3.74.